The third kappa shape index (κ3) is 2.52. The first kappa shape index (κ1) is 11.0. The van der Waals surface area contributed by atoms with Crippen LogP contribution in [0.5, 0.6) is 0 Å². The number of aromatic nitrogens is 2. The third-order valence-corrected chi connectivity index (χ3v) is 2.47. The van der Waals surface area contributed by atoms with E-state index in [2.05, 4.69) is 15.3 Å². The van der Waals surface area contributed by atoms with E-state index in [0.29, 0.717) is 6.42 Å². The minimum atomic E-state index is -0.299. The van der Waals surface area contributed by atoms with Crippen molar-refractivity contribution in [2.75, 3.05) is 5.32 Å². The first-order chi connectivity index (χ1) is 7.65. The van der Waals surface area contributed by atoms with Crippen LogP contribution in [-0.2, 0) is 0 Å². The van der Waals surface area contributed by atoms with Gasteiger partial charge in [0.2, 0.25) is 5.95 Å². The molecule has 4 heteroatoms. The SMILES string of the molecule is CC(O)CC(C)Nc1nc2ccccc2[nH]1. The van der Waals surface area contributed by atoms with Gasteiger partial charge in [-0.1, -0.05) is 12.1 Å². The maximum atomic E-state index is 9.27. The van der Waals surface area contributed by atoms with Crippen LogP contribution in [-0.4, -0.2) is 27.2 Å². The van der Waals surface area contributed by atoms with Crippen LogP contribution >= 0.6 is 0 Å². The van der Waals surface area contributed by atoms with Crippen molar-refractivity contribution in [1.82, 2.24) is 9.97 Å². The van der Waals surface area contributed by atoms with Crippen molar-refractivity contribution in [2.45, 2.75) is 32.4 Å². The summed E-state index contributed by atoms with van der Waals surface area (Å²) in [4.78, 5) is 7.61. The van der Waals surface area contributed by atoms with E-state index in [1.165, 1.54) is 0 Å². The fourth-order valence-corrected chi connectivity index (χ4v) is 1.83. The molecule has 0 spiro atoms. The van der Waals surface area contributed by atoms with Gasteiger partial charge in [0.05, 0.1) is 17.1 Å². The standard InChI is InChI=1S/C12H17N3O/c1-8(7-9(2)16)13-12-14-10-5-3-4-6-11(10)15-12/h3-6,8-9,16H,7H2,1-2H3,(H2,13,14,15). The number of imidazole rings is 1. The zero-order valence-electron chi connectivity index (χ0n) is 9.57. The average molecular weight is 219 g/mol. The third-order valence-electron chi connectivity index (χ3n) is 2.47. The molecule has 16 heavy (non-hydrogen) atoms. The number of para-hydroxylation sites is 2. The van der Waals surface area contributed by atoms with Gasteiger partial charge in [-0.3, -0.25) is 0 Å². The first-order valence-electron chi connectivity index (χ1n) is 5.54. The van der Waals surface area contributed by atoms with Crippen LogP contribution in [0, 0.1) is 0 Å². The van der Waals surface area contributed by atoms with E-state index in [1.54, 1.807) is 6.92 Å². The molecule has 1 aromatic heterocycles. The van der Waals surface area contributed by atoms with E-state index in [4.69, 9.17) is 0 Å². The predicted molar refractivity (Wildman–Crippen MR) is 65.5 cm³/mol. The summed E-state index contributed by atoms with van der Waals surface area (Å²) in [5.41, 5.74) is 1.98. The summed E-state index contributed by atoms with van der Waals surface area (Å²) in [6, 6.07) is 8.10. The van der Waals surface area contributed by atoms with E-state index in [9.17, 15) is 5.11 Å². The van der Waals surface area contributed by atoms with E-state index in [1.807, 2.05) is 31.2 Å². The van der Waals surface area contributed by atoms with E-state index < -0.39 is 0 Å². The molecule has 0 amide bonds. The van der Waals surface area contributed by atoms with Crippen LogP contribution in [0.3, 0.4) is 0 Å². The van der Waals surface area contributed by atoms with Gasteiger partial charge >= 0.3 is 0 Å². The smallest absolute Gasteiger partial charge is 0.201 e. The molecule has 1 aromatic carbocycles. The van der Waals surface area contributed by atoms with Gasteiger partial charge in [0.15, 0.2) is 0 Å². The lowest BCUT2D eigenvalue weighted by Crippen LogP contribution is -2.21. The number of hydrogen-bond donors (Lipinski definition) is 3. The van der Waals surface area contributed by atoms with E-state index in [-0.39, 0.29) is 12.1 Å². The zero-order chi connectivity index (χ0) is 11.5. The Kier molecular flexibility index (Phi) is 3.10. The number of rotatable bonds is 4. The number of hydrogen-bond acceptors (Lipinski definition) is 3. The molecular formula is C12H17N3O. The Morgan fingerprint density at radius 3 is 2.81 bits per heavy atom. The summed E-state index contributed by atoms with van der Waals surface area (Å²) in [6.45, 7) is 3.82. The zero-order valence-corrected chi connectivity index (χ0v) is 9.57. The molecule has 0 radical (unpaired) electrons. The van der Waals surface area contributed by atoms with Crippen LogP contribution in [0.15, 0.2) is 24.3 Å². The van der Waals surface area contributed by atoms with Gasteiger partial charge in [-0.05, 0) is 32.4 Å². The molecule has 0 bridgehead atoms. The number of aliphatic hydroxyl groups is 1. The maximum absolute atomic E-state index is 9.27. The minimum absolute atomic E-state index is 0.195. The van der Waals surface area contributed by atoms with Gasteiger partial charge in [0.1, 0.15) is 0 Å². The van der Waals surface area contributed by atoms with Crippen LogP contribution in [0.1, 0.15) is 20.3 Å². The van der Waals surface area contributed by atoms with Crippen molar-refractivity contribution in [3.05, 3.63) is 24.3 Å². The number of fused-ring (bicyclic) bond motifs is 1. The van der Waals surface area contributed by atoms with Crippen LogP contribution in [0.25, 0.3) is 11.0 Å². The van der Waals surface area contributed by atoms with Gasteiger partial charge in [-0.25, -0.2) is 4.98 Å². The first-order valence-corrected chi connectivity index (χ1v) is 5.54. The quantitative estimate of drug-likeness (QED) is 0.738. The lowest BCUT2D eigenvalue weighted by atomic mass is 10.2. The lowest BCUT2D eigenvalue weighted by molar-refractivity contribution is 0.179. The fraction of sp³-hybridized carbons (Fsp3) is 0.417. The molecule has 3 N–H and O–H groups in total. The molecule has 0 aliphatic rings. The van der Waals surface area contributed by atoms with Crippen molar-refractivity contribution < 1.29 is 5.11 Å². The highest BCUT2D eigenvalue weighted by atomic mass is 16.3. The highest BCUT2D eigenvalue weighted by molar-refractivity contribution is 5.77. The predicted octanol–water partition coefficient (Wildman–Crippen LogP) is 2.13. The van der Waals surface area contributed by atoms with Crippen LogP contribution < -0.4 is 5.32 Å². The molecule has 1 heterocycles. The van der Waals surface area contributed by atoms with E-state index in [0.717, 1.165) is 17.0 Å². The Hall–Kier alpha value is -1.55. The number of aromatic amines is 1. The fourth-order valence-electron chi connectivity index (χ4n) is 1.83. The molecule has 0 saturated carbocycles. The summed E-state index contributed by atoms with van der Waals surface area (Å²) in [5.74, 6) is 0.759. The Balaban J connectivity index is 2.09. The van der Waals surface area contributed by atoms with Crippen molar-refractivity contribution in [1.29, 1.82) is 0 Å². The molecule has 0 aliphatic carbocycles. The Labute approximate surface area is 94.7 Å². The number of nitrogens with one attached hydrogen (secondary N) is 2. The maximum Gasteiger partial charge on any atom is 0.201 e. The summed E-state index contributed by atoms with van der Waals surface area (Å²) in [5, 5.41) is 12.5. The molecule has 0 fully saturated rings. The Bertz CT molecular complexity index is 431. The van der Waals surface area contributed by atoms with Gasteiger partial charge in [-0.2, -0.15) is 0 Å². The highest BCUT2D eigenvalue weighted by Gasteiger charge is 2.08. The summed E-state index contributed by atoms with van der Waals surface area (Å²) >= 11 is 0. The normalized spacial score (nSPS) is 14.9. The highest BCUT2D eigenvalue weighted by Crippen LogP contribution is 2.14. The molecule has 2 unspecified atom stereocenters. The van der Waals surface area contributed by atoms with Gasteiger partial charge in [0, 0.05) is 6.04 Å². The Morgan fingerprint density at radius 2 is 2.12 bits per heavy atom. The number of aliphatic hydroxyl groups excluding tert-OH is 1. The van der Waals surface area contributed by atoms with E-state index >= 15 is 0 Å². The molecular weight excluding hydrogens is 202 g/mol. The second-order valence-electron chi connectivity index (χ2n) is 4.23. The number of H-pyrrole nitrogens is 1. The number of anilines is 1. The topological polar surface area (TPSA) is 60.9 Å². The Morgan fingerprint density at radius 1 is 1.38 bits per heavy atom. The monoisotopic (exact) mass is 219 g/mol. The second kappa shape index (κ2) is 4.53. The molecule has 2 atom stereocenters. The van der Waals surface area contributed by atoms with Crippen molar-refractivity contribution >= 4 is 17.0 Å². The van der Waals surface area contributed by atoms with Crippen molar-refractivity contribution in [3.8, 4) is 0 Å². The van der Waals surface area contributed by atoms with Crippen molar-refractivity contribution in [3.63, 3.8) is 0 Å². The largest absolute Gasteiger partial charge is 0.393 e. The van der Waals surface area contributed by atoms with Gasteiger partial charge in [-0.15, -0.1) is 0 Å². The minimum Gasteiger partial charge on any atom is -0.393 e. The molecule has 0 aliphatic heterocycles. The summed E-state index contributed by atoms with van der Waals surface area (Å²) in [6.07, 6.45) is 0.406. The van der Waals surface area contributed by atoms with Crippen molar-refractivity contribution in [2.24, 2.45) is 0 Å². The average Bonchev–Trinajstić information content (AvgIpc) is 2.57. The second-order valence-corrected chi connectivity index (χ2v) is 4.23. The molecule has 2 aromatic rings. The molecule has 0 saturated heterocycles. The summed E-state index contributed by atoms with van der Waals surface area (Å²) < 4.78 is 0. The molecule has 86 valence electrons. The summed E-state index contributed by atoms with van der Waals surface area (Å²) in [7, 11) is 0. The van der Waals surface area contributed by atoms with Gasteiger partial charge in [0.25, 0.3) is 0 Å². The molecule has 2 rings (SSSR count). The lowest BCUT2D eigenvalue weighted by Gasteiger charge is -2.14. The van der Waals surface area contributed by atoms with Gasteiger partial charge < -0.3 is 15.4 Å². The van der Waals surface area contributed by atoms with Crippen LogP contribution in [0.2, 0.25) is 0 Å². The molecule has 4 nitrogen and oxygen atoms in total. The van der Waals surface area contributed by atoms with Crippen LogP contribution in [0.4, 0.5) is 5.95 Å². The number of nitrogens with zero attached hydrogens (tertiary/aromatic N) is 1. The number of benzene rings is 1.